The van der Waals surface area contributed by atoms with E-state index in [1.54, 1.807) is 24.3 Å². The molecule has 0 spiro atoms. The van der Waals surface area contributed by atoms with Gasteiger partial charge in [0.15, 0.2) is 0 Å². The van der Waals surface area contributed by atoms with Gasteiger partial charge >= 0.3 is 0 Å². The Balaban J connectivity index is 1.65. The topological polar surface area (TPSA) is 84.0 Å². The van der Waals surface area contributed by atoms with Gasteiger partial charge in [-0.05, 0) is 37.0 Å². The summed E-state index contributed by atoms with van der Waals surface area (Å²) in [5.74, 6) is 0.0570. The molecule has 1 aliphatic rings. The van der Waals surface area contributed by atoms with Crippen molar-refractivity contribution in [1.82, 2.24) is 15.5 Å². The van der Waals surface area contributed by atoms with Crippen LogP contribution in [0.2, 0.25) is 0 Å². The molecule has 0 unspecified atom stereocenters. The van der Waals surface area contributed by atoms with E-state index in [1.807, 2.05) is 0 Å². The summed E-state index contributed by atoms with van der Waals surface area (Å²) in [6, 6.07) is 7.21. The molecule has 0 saturated heterocycles. The highest BCUT2D eigenvalue weighted by atomic mass is 32.1. The SMILES string of the molecule is CC(C)Cc1nnc(C(=O)Nc2cccc(C(=O)NC3CC3)c2)s1. The molecule has 0 radical (unpaired) electrons. The predicted octanol–water partition coefficient (Wildman–Crippen LogP) is 2.88. The Morgan fingerprint density at radius 1 is 1.25 bits per heavy atom. The van der Waals surface area contributed by atoms with E-state index < -0.39 is 0 Å². The van der Waals surface area contributed by atoms with Crippen LogP contribution in [0.15, 0.2) is 24.3 Å². The lowest BCUT2D eigenvalue weighted by atomic mass is 10.1. The number of benzene rings is 1. The summed E-state index contributed by atoms with van der Waals surface area (Å²) in [5, 5.41) is 14.9. The highest BCUT2D eigenvalue weighted by Gasteiger charge is 2.24. The number of carbonyl (C=O) groups excluding carboxylic acids is 2. The third-order valence-electron chi connectivity index (χ3n) is 3.54. The molecule has 126 valence electrons. The van der Waals surface area contributed by atoms with Crippen LogP contribution in [-0.4, -0.2) is 28.1 Å². The van der Waals surface area contributed by atoms with E-state index >= 15 is 0 Å². The third kappa shape index (κ3) is 4.38. The minimum atomic E-state index is -0.303. The van der Waals surface area contributed by atoms with Crippen LogP contribution in [-0.2, 0) is 6.42 Å². The number of amides is 2. The Hall–Kier alpha value is -2.28. The number of carbonyl (C=O) groups is 2. The zero-order chi connectivity index (χ0) is 17.1. The van der Waals surface area contributed by atoms with Crippen LogP contribution in [0.25, 0.3) is 0 Å². The number of nitrogens with one attached hydrogen (secondary N) is 2. The minimum Gasteiger partial charge on any atom is -0.349 e. The summed E-state index contributed by atoms with van der Waals surface area (Å²) in [4.78, 5) is 24.3. The van der Waals surface area contributed by atoms with Crippen LogP contribution in [0.4, 0.5) is 5.69 Å². The van der Waals surface area contributed by atoms with E-state index in [0.717, 1.165) is 24.3 Å². The maximum atomic E-state index is 12.3. The van der Waals surface area contributed by atoms with Gasteiger partial charge in [-0.2, -0.15) is 0 Å². The normalized spacial score (nSPS) is 13.8. The summed E-state index contributed by atoms with van der Waals surface area (Å²) in [7, 11) is 0. The summed E-state index contributed by atoms with van der Waals surface area (Å²) < 4.78 is 0. The van der Waals surface area contributed by atoms with E-state index in [9.17, 15) is 9.59 Å². The molecule has 0 bridgehead atoms. The predicted molar refractivity (Wildman–Crippen MR) is 93.3 cm³/mol. The van der Waals surface area contributed by atoms with Crippen molar-refractivity contribution in [3.05, 3.63) is 39.8 Å². The van der Waals surface area contributed by atoms with Gasteiger partial charge in [-0.3, -0.25) is 9.59 Å². The molecule has 1 aliphatic carbocycles. The lowest BCUT2D eigenvalue weighted by Crippen LogP contribution is -2.25. The second-order valence-electron chi connectivity index (χ2n) is 6.38. The van der Waals surface area contributed by atoms with Gasteiger partial charge in [0.25, 0.3) is 11.8 Å². The van der Waals surface area contributed by atoms with Gasteiger partial charge < -0.3 is 10.6 Å². The van der Waals surface area contributed by atoms with Crippen molar-refractivity contribution in [2.45, 2.75) is 39.2 Å². The van der Waals surface area contributed by atoms with Gasteiger partial charge in [0, 0.05) is 23.7 Å². The quantitative estimate of drug-likeness (QED) is 0.844. The third-order valence-corrected chi connectivity index (χ3v) is 4.48. The second kappa shape index (κ2) is 7.09. The Bertz CT molecular complexity index is 753. The van der Waals surface area contributed by atoms with Gasteiger partial charge in [-0.25, -0.2) is 0 Å². The van der Waals surface area contributed by atoms with Crippen molar-refractivity contribution >= 4 is 28.8 Å². The number of anilines is 1. The van der Waals surface area contributed by atoms with Crippen LogP contribution in [0.3, 0.4) is 0 Å². The van der Waals surface area contributed by atoms with Crippen LogP contribution in [0.1, 0.15) is 51.9 Å². The first kappa shape index (κ1) is 16.6. The van der Waals surface area contributed by atoms with Crippen molar-refractivity contribution in [2.75, 3.05) is 5.32 Å². The molecule has 0 atom stereocenters. The van der Waals surface area contributed by atoms with Gasteiger partial charge in [0.05, 0.1) is 0 Å². The Morgan fingerprint density at radius 2 is 2.04 bits per heavy atom. The first-order valence-electron chi connectivity index (χ1n) is 8.06. The second-order valence-corrected chi connectivity index (χ2v) is 7.44. The molecule has 3 rings (SSSR count). The molecule has 1 fully saturated rings. The van der Waals surface area contributed by atoms with Gasteiger partial charge in [-0.1, -0.05) is 31.3 Å². The molecule has 0 aliphatic heterocycles. The Kier molecular flexibility index (Phi) is 4.89. The summed E-state index contributed by atoms with van der Waals surface area (Å²) in [6.45, 7) is 4.19. The van der Waals surface area contributed by atoms with Crippen LogP contribution < -0.4 is 10.6 Å². The summed E-state index contributed by atoms with van der Waals surface area (Å²) in [5.41, 5.74) is 1.11. The number of aromatic nitrogens is 2. The van der Waals surface area contributed by atoms with E-state index in [2.05, 4.69) is 34.7 Å². The van der Waals surface area contributed by atoms with Crippen molar-refractivity contribution < 1.29 is 9.59 Å². The zero-order valence-electron chi connectivity index (χ0n) is 13.7. The highest BCUT2D eigenvalue weighted by Crippen LogP contribution is 2.20. The monoisotopic (exact) mass is 344 g/mol. The van der Waals surface area contributed by atoms with Crippen LogP contribution in [0, 0.1) is 5.92 Å². The van der Waals surface area contributed by atoms with Gasteiger partial charge in [0.2, 0.25) is 5.01 Å². The van der Waals surface area contributed by atoms with Crippen LogP contribution >= 0.6 is 11.3 Å². The lowest BCUT2D eigenvalue weighted by molar-refractivity contribution is 0.0949. The largest absolute Gasteiger partial charge is 0.349 e. The van der Waals surface area contributed by atoms with Crippen molar-refractivity contribution in [3.63, 3.8) is 0 Å². The molecule has 1 heterocycles. The Morgan fingerprint density at radius 3 is 2.75 bits per heavy atom. The smallest absolute Gasteiger partial charge is 0.286 e. The average Bonchev–Trinajstić information content (AvgIpc) is 3.23. The molecule has 1 aromatic carbocycles. The standard InChI is InChI=1S/C17H20N4O2S/c1-10(2)8-14-20-21-17(24-14)16(23)19-13-5-3-4-11(9-13)15(22)18-12-6-7-12/h3-5,9-10,12H,6-8H2,1-2H3,(H,18,22)(H,19,23). The van der Waals surface area contributed by atoms with E-state index in [0.29, 0.717) is 28.2 Å². The van der Waals surface area contributed by atoms with Crippen LogP contribution in [0.5, 0.6) is 0 Å². The molecule has 24 heavy (non-hydrogen) atoms. The van der Waals surface area contributed by atoms with E-state index in [1.165, 1.54) is 11.3 Å². The van der Waals surface area contributed by atoms with Crippen molar-refractivity contribution in [2.24, 2.45) is 5.92 Å². The molecular weight excluding hydrogens is 324 g/mol. The maximum Gasteiger partial charge on any atom is 0.286 e. The molecule has 1 aromatic heterocycles. The molecule has 2 aromatic rings. The molecule has 2 amide bonds. The fraction of sp³-hybridized carbons (Fsp3) is 0.412. The lowest BCUT2D eigenvalue weighted by Gasteiger charge is -2.06. The van der Waals surface area contributed by atoms with E-state index in [4.69, 9.17) is 0 Å². The van der Waals surface area contributed by atoms with E-state index in [-0.39, 0.29) is 11.8 Å². The molecular formula is C17H20N4O2S. The fourth-order valence-electron chi connectivity index (χ4n) is 2.20. The van der Waals surface area contributed by atoms with Gasteiger partial charge in [0.1, 0.15) is 5.01 Å². The first-order valence-corrected chi connectivity index (χ1v) is 8.87. The summed E-state index contributed by atoms with van der Waals surface area (Å²) >= 11 is 1.30. The number of hydrogen-bond donors (Lipinski definition) is 2. The first-order chi connectivity index (χ1) is 11.5. The minimum absolute atomic E-state index is 0.108. The highest BCUT2D eigenvalue weighted by molar-refractivity contribution is 7.13. The number of rotatable bonds is 6. The Labute approximate surface area is 144 Å². The number of hydrogen-bond acceptors (Lipinski definition) is 5. The van der Waals surface area contributed by atoms with Crippen molar-refractivity contribution in [1.29, 1.82) is 0 Å². The van der Waals surface area contributed by atoms with Crippen molar-refractivity contribution in [3.8, 4) is 0 Å². The molecule has 7 heteroatoms. The summed E-state index contributed by atoms with van der Waals surface area (Å²) in [6.07, 6.45) is 2.89. The zero-order valence-corrected chi connectivity index (χ0v) is 14.5. The average molecular weight is 344 g/mol. The molecule has 1 saturated carbocycles. The molecule has 2 N–H and O–H groups in total. The maximum absolute atomic E-state index is 12.3. The van der Waals surface area contributed by atoms with Gasteiger partial charge in [-0.15, -0.1) is 10.2 Å². The number of nitrogens with zero attached hydrogens (tertiary/aromatic N) is 2. The molecule has 6 nitrogen and oxygen atoms in total. The fourth-order valence-corrected chi connectivity index (χ4v) is 3.14.